The van der Waals surface area contributed by atoms with Crippen molar-refractivity contribution >= 4 is 11.7 Å². The van der Waals surface area contributed by atoms with Gasteiger partial charge in [0.2, 0.25) is 0 Å². The molecule has 0 aliphatic rings. The first-order valence-corrected chi connectivity index (χ1v) is 9.73. The summed E-state index contributed by atoms with van der Waals surface area (Å²) < 4.78 is 30.7. The highest BCUT2D eigenvalue weighted by molar-refractivity contribution is 6.04. The Kier molecular flexibility index (Phi) is 5.37. The molecule has 8 heteroatoms. The highest BCUT2D eigenvalue weighted by Gasteiger charge is 2.19. The molecule has 0 aliphatic heterocycles. The van der Waals surface area contributed by atoms with Crippen LogP contribution in [0.3, 0.4) is 0 Å². The van der Waals surface area contributed by atoms with Gasteiger partial charge in [0.1, 0.15) is 17.5 Å². The second-order valence-corrected chi connectivity index (χ2v) is 7.37. The van der Waals surface area contributed by atoms with Gasteiger partial charge in [0, 0.05) is 11.1 Å². The summed E-state index contributed by atoms with van der Waals surface area (Å²) in [5.41, 5.74) is 3.86. The van der Waals surface area contributed by atoms with Gasteiger partial charge in [-0.05, 0) is 50.6 Å². The molecule has 2 aromatic carbocycles. The minimum absolute atomic E-state index is 0.0193. The lowest BCUT2D eigenvalue weighted by molar-refractivity contribution is 0.102. The Bertz CT molecular complexity index is 1270. The fraction of sp³-hybridized carbons (Fsp3) is 0.174. The van der Waals surface area contributed by atoms with E-state index in [-0.39, 0.29) is 18.0 Å². The number of nitrogens with one attached hydrogen (secondary N) is 1. The molecule has 2 heterocycles. The van der Waals surface area contributed by atoms with E-state index in [1.165, 1.54) is 10.9 Å². The third-order valence-electron chi connectivity index (χ3n) is 5.18. The Morgan fingerprint density at radius 1 is 1.00 bits per heavy atom. The maximum absolute atomic E-state index is 14.1. The Balaban J connectivity index is 1.61. The SMILES string of the molecule is Cc1ccccc1-n1ncc(C(=O)Nc2c(C)cnn2Cc2cc(F)ccc2F)c1C. The van der Waals surface area contributed by atoms with E-state index in [2.05, 4.69) is 15.5 Å². The van der Waals surface area contributed by atoms with Gasteiger partial charge in [0.25, 0.3) is 5.91 Å². The van der Waals surface area contributed by atoms with Crippen LogP contribution in [0.25, 0.3) is 5.69 Å². The van der Waals surface area contributed by atoms with Gasteiger partial charge >= 0.3 is 0 Å². The normalized spacial score (nSPS) is 11.0. The third kappa shape index (κ3) is 3.96. The van der Waals surface area contributed by atoms with Crippen LogP contribution in [0.2, 0.25) is 0 Å². The molecule has 0 unspecified atom stereocenters. The second-order valence-electron chi connectivity index (χ2n) is 7.37. The number of aryl methyl sites for hydroxylation is 2. The lowest BCUT2D eigenvalue weighted by Gasteiger charge is -2.12. The van der Waals surface area contributed by atoms with Gasteiger partial charge in [0.15, 0.2) is 0 Å². The van der Waals surface area contributed by atoms with E-state index in [1.54, 1.807) is 17.8 Å². The van der Waals surface area contributed by atoms with Crippen molar-refractivity contribution in [2.75, 3.05) is 5.32 Å². The number of aromatic nitrogens is 4. The predicted octanol–water partition coefficient (Wildman–Crippen LogP) is 4.57. The minimum atomic E-state index is -0.540. The minimum Gasteiger partial charge on any atom is -0.306 e. The predicted molar refractivity (Wildman–Crippen MR) is 113 cm³/mol. The highest BCUT2D eigenvalue weighted by atomic mass is 19.1. The zero-order chi connectivity index (χ0) is 22.1. The lowest BCUT2D eigenvalue weighted by atomic mass is 10.2. The summed E-state index contributed by atoms with van der Waals surface area (Å²) in [6.07, 6.45) is 3.08. The quantitative estimate of drug-likeness (QED) is 0.513. The number of carbonyl (C=O) groups is 1. The number of benzene rings is 2. The van der Waals surface area contributed by atoms with E-state index in [1.807, 2.05) is 38.1 Å². The Morgan fingerprint density at radius 3 is 2.55 bits per heavy atom. The zero-order valence-corrected chi connectivity index (χ0v) is 17.4. The van der Waals surface area contributed by atoms with Crippen molar-refractivity contribution in [1.82, 2.24) is 19.6 Å². The monoisotopic (exact) mass is 421 g/mol. The lowest BCUT2D eigenvalue weighted by Crippen LogP contribution is -2.18. The van der Waals surface area contributed by atoms with Crippen LogP contribution in [-0.4, -0.2) is 25.5 Å². The van der Waals surface area contributed by atoms with E-state index in [0.717, 1.165) is 29.4 Å². The number of carbonyl (C=O) groups excluding carboxylic acids is 1. The van der Waals surface area contributed by atoms with Gasteiger partial charge in [-0.25, -0.2) is 18.1 Å². The molecule has 0 saturated heterocycles. The van der Waals surface area contributed by atoms with E-state index in [9.17, 15) is 13.6 Å². The van der Waals surface area contributed by atoms with Crippen LogP contribution < -0.4 is 5.32 Å². The van der Waals surface area contributed by atoms with Crippen LogP contribution in [-0.2, 0) is 6.54 Å². The topological polar surface area (TPSA) is 64.7 Å². The molecule has 6 nitrogen and oxygen atoms in total. The molecule has 0 fully saturated rings. The molecule has 4 aromatic rings. The maximum Gasteiger partial charge on any atom is 0.260 e. The summed E-state index contributed by atoms with van der Waals surface area (Å²) in [6.45, 7) is 5.56. The van der Waals surface area contributed by atoms with E-state index < -0.39 is 11.6 Å². The number of halogens is 2. The number of amides is 1. The average Bonchev–Trinajstić information content (AvgIpc) is 3.28. The fourth-order valence-corrected chi connectivity index (χ4v) is 3.44. The van der Waals surface area contributed by atoms with Crippen LogP contribution in [0.1, 0.15) is 32.7 Å². The number of para-hydroxylation sites is 1. The summed E-state index contributed by atoms with van der Waals surface area (Å²) in [4.78, 5) is 13.0. The molecule has 4 rings (SSSR count). The molecule has 1 amide bonds. The summed E-state index contributed by atoms with van der Waals surface area (Å²) in [5, 5.41) is 11.4. The summed E-state index contributed by atoms with van der Waals surface area (Å²) in [5.74, 6) is -1.02. The molecular weight excluding hydrogens is 400 g/mol. The van der Waals surface area contributed by atoms with Crippen LogP contribution >= 0.6 is 0 Å². The van der Waals surface area contributed by atoms with E-state index in [4.69, 9.17) is 0 Å². The number of nitrogens with zero attached hydrogens (tertiary/aromatic N) is 4. The van der Waals surface area contributed by atoms with Gasteiger partial charge in [0.05, 0.1) is 35.9 Å². The molecule has 0 aliphatic carbocycles. The summed E-state index contributed by atoms with van der Waals surface area (Å²) in [6, 6.07) is 11.0. The van der Waals surface area contributed by atoms with Crippen molar-refractivity contribution in [3.05, 3.63) is 94.4 Å². The first kappa shape index (κ1) is 20.5. The number of hydrogen-bond acceptors (Lipinski definition) is 3. The van der Waals surface area contributed by atoms with Gasteiger partial charge in [-0.3, -0.25) is 4.79 Å². The molecule has 2 aromatic heterocycles. The molecule has 1 N–H and O–H groups in total. The van der Waals surface area contributed by atoms with Crippen molar-refractivity contribution in [3.63, 3.8) is 0 Å². The van der Waals surface area contributed by atoms with Crippen molar-refractivity contribution in [3.8, 4) is 5.69 Å². The number of anilines is 1. The van der Waals surface area contributed by atoms with Gasteiger partial charge < -0.3 is 5.32 Å². The second kappa shape index (κ2) is 8.14. The third-order valence-corrected chi connectivity index (χ3v) is 5.18. The Morgan fingerprint density at radius 2 is 1.77 bits per heavy atom. The Hall–Kier alpha value is -3.81. The molecule has 31 heavy (non-hydrogen) atoms. The summed E-state index contributed by atoms with van der Waals surface area (Å²) in [7, 11) is 0. The largest absolute Gasteiger partial charge is 0.306 e. The van der Waals surface area contributed by atoms with Crippen LogP contribution in [0.4, 0.5) is 14.6 Å². The number of hydrogen-bond donors (Lipinski definition) is 1. The molecule has 158 valence electrons. The molecule has 0 atom stereocenters. The van der Waals surface area contributed by atoms with Crippen molar-refractivity contribution in [2.24, 2.45) is 0 Å². The number of rotatable bonds is 5. The van der Waals surface area contributed by atoms with Crippen LogP contribution in [0, 0.1) is 32.4 Å². The fourth-order valence-electron chi connectivity index (χ4n) is 3.44. The van der Waals surface area contributed by atoms with Crippen LogP contribution in [0.15, 0.2) is 54.9 Å². The molecule has 0 bridgehead atoms. The zero-order valence-electron chi connectivity index (χ0n) is 17.4. The molecular formula is C23H21F2N5O. The average molecular weight is 421 g/mol. The first-order valence-electron chi connectivity index (χ1n) is 9.73. The van der Waals surface area contributed by atoms with Crippen LogP contribution in [0.5, 0.6) is 0 Å². The Labute approximate surface area is 178 Å². The molecule has 0 saturated carbocycles. The summed E-state index contributed by atoms with van der Waals surface area (Å²) >= 11 is 0. The smallest absolute Gasteiger partial charge is 0.260 e. The van der Waals surface area contributed by atoms with Crippen molar-refractivity contribution in [1.29, 1.82) is 0 Å². The molecule has 0 radical (unpaired) electrons. The molecule has 0 spiro atoms. The first-order chi connectivity index (χ1) is 14.8. The van der Waals surface area contributed by atoms with Gasteiger partial charge in [-0.15, -0.1) is 0 Å². The van der Waals surface area contributed by atoms with E-state index in [0.29, 0.717) is 22.6 Å². The van der Waals surface area contributed by atoms with Gasteiger partial charge in [-0.1, -0.05) is 18.2 Å². The highest BCUT2D eigenvalue weighted by Crippen LogP contribution is 2.21. The van der Waals surface area contributed by atoms with Crippen molar-refractivity contribution < 1.29 is 13.6 Å². The standard InChI is InChI=1S/C23H21F2N5O/c1-14-6-4-5-7-21(14)30-16(3)19(12-27-30)23(31)28-22-15(2)11-26-29(22)13-17-10-18(24)8-9-20(17)25/h4-12H,13H2,1-3H3,(H,28,31). The maximum atomic E-state index is 14.1. The van der Waals surface area contributed by atoms with Gasteiger partial charge in [-0.2, -0.15) is 10.2 Å². The van der Waals surface area contributed by atoms with E-state index >= 15 is 0 Å². The van der Waals surface area contributed by atoms with Crippen molar-refractivity contribution in [2.45, 2.75) is 27.3 Å².